The number of aromatic nitrogens is 2. The number of piperidine rings is 1. The van der Waals surface area contributed by atoms with Gasteiger partial charge in [-0.3, -0.25) is 14.0 Å². The molecule has 8 heteroatoms. The van der Waals surface area contributed by atoms with Gasteiger partial charge in [-0.2, -0.15) is 0 Å². The normalized spacial score (nSPS) is 19.2. The van der Waals surface area contributed by atoms with Crippen LogP contribution >= 0.6 is 11.6 Å². The molecule has 1 aliphatic carbocycles. The minimum absolute atomic E-state index is 0.0318. The number of halogens is 1. The van der Waals surface area contributed by atoms with E-state index in [1.54, 1.807) is 25.9 Å². The van der Waals surface area contributed by atoms with Gasteiger partial charge in [0.05, 0.1) is 25.3 Å². The number of methoxy groups -OCH3 is 3. The molecule has 176 valence electrons. The van der Waals surface area contributed by atoms with Crippen molar-refractivity contribution in [2.45, 2.75) is 44.5 Å². The Labute approximate surface area is 198 Å². The van der Waals surface area contributed by atoms with Gasteiger partial charge in [-0.1, -0.05) is 11.6 Å². The van der Waals surface area contributed by atoms with Gasteiger partial charge in [0.1, 0.15) is 6.73 Å². The van der Waals surface area contributed by atoms with Crippen LogP contribution in [0.2, 0.25) is 5.02 Å². The van der Waals surface area contributed by atoms with Gasteiger partial charge in [-0.05, 0) is 67.1 Å². The second kappa shape index (κ2) is 9.05. The number of nitrogens with zero attached hydrogens (tertiary/aromatic N) is 3. The highest BCUT2D eigenvalue weighted by molar-refractivity contribution is 6.31. The zero-order chi connectivity index (χ0) is 23.1. The summed E-state index contributed by atoms with van der Waals surface area (Å²) in [7, 11) is 4.97. The van der Waals surface area contributed by atoms with Crippen molar-refractivity contribution >= 4 is 22.6 Å². The Balaban J connectivity index is 1.39. The van der Waals surface area contributed by atoms with Gasteiger partial charge in [0.25, 0.3) is 0 Å². The Morgan fingerprint density at radius 3 is 2.39 bits per heavy atom. The van der Waals surface area contributed by atoms with Crippen molar-refractivity contribution < 1.29 is 14.2 Å². The lowest BCUT2D eigenvalue weighted by Gasteiger charge is -2.37. The maximum Gasteiger partial charge on any atom is 0.331 e. The standard InChI is InChI=1S/C25H30ClN3O4/c1-31-15-28-22-13-17(26)5-7-21(22)29(25(28)30)18-8-10-27(11-9-18)20-6-4-16-12-23(32-2)24(33-3)14-19(16)20/h5,7,12-14,18,20H,4,6,8-11,15H2,1-3H3. The third kappa shape index (κ3) is 3.82. The lowest BCUT2D eigenvalue weighted by molar-refractivity contribution is 0.123. The number of likely N-dealkylation sites (tertiary alicyclic amines) is 1. The van der Waals surface area contributed by atoms with E-state index in [-0.39, 0.29) is 18.5 Å². The number of hydrogen-bond donors (Lipinski definition) is 0. The third-order valence-electron chi connectivity index (χ3n) is 7.18. The first-order valence-electron chi connectivity index (χ1n) is 11.4. The molecule has 1 saturated heterocycles. The van der Waals surface area contributed by atoms with Crippen molar-refractivity contribution in [1.29, 1.82) is 0 Å². The second-order valence-electron chi connectivity index (χ2n) is 8.86. The smallest absolute Gasteiger partial charge is 0.331 e. The van der Waals surface area contributed by atoms with Crippen LogP contribution in [0, 0.1) is 0 Å². The molecule has 7 nitrogen and oxygen atoms in total. The predicted molar refractivity (Wildman–Crippen MR) is 129 cm³/mol. The van der Waals surface area contributed by atoms with E-state index >= 15 is 0 Å². The molecule has 0 saturated carbocycles. The Kier molecular flexibility index (Phi) is 6.12. The maximum absolute atomic E-state index is 13.3. The van der Waals surface area contributed by atoms with Crippen LogP contribution in [0.15, 0.2) is 35.1 Å². The monoisotopic (exact) mass is 471 g/mol. The number of aryl methyl sites for hydroxylation is 1. The fourth-order valence-electron chi connectivity index (χ4n) is 5.61. The number of rotatable bonds is 6. The molecule has 0 spiro atoms. The quantitative estimate of drug-likeness (QED) is 0.533. The summed E-state index contributed by atoms with van der Waals surface area (Å²) >= 11 is 6.22. The van der Waals surface area contributed by atoms with E-state index in [0.717, 1.165) is 61.3 Å². The van der Waals surface area contributed by atoms with E-state index in [9.17, 15) is 4.79 Å². The molecule has 0 N–H and O–H groups in total. The lowest BCUT2D eigenvalue weighted by Crippen LogP contribution is -2.39. The molecule has 2 heterocycles. The fourth-order valence-corrected chi connectivity index (χ4v) is 5.77. The Hall–Kier alpha value is -2.48. The molecule has 1 fully saturated rings. The summed E-state index contributed by atoms with van der Waals surface area (Å²) in [6.07, 6.45) is 3.99. The number of hydrogen-bond acceptors (Lipinski definition) is 5. The number of imidazole rings is 1. The van der Waals surface area contributed by atoms with E-state index < -0.39 is 0 Å². The average molecular weight is 472 g/mol. The molecule has 1 aromatic heterocycles. The summed E-state index contributed by atoms with van der Waals surface area (Å²) in [5, 5.41) is 0.617. The second-order valence-corrected chi connectivity index (χ2v) is 9.30. The van der Waals surface area contributed by atoms with Gasteiger partial charge in [-0.25, -0.2) is 4.79 Å². The van der Waals surface area contributed by atoms with Gasteiger partial charge in [0.2, 0.25) is 0 Å². The molecule has 33 heavy (non-hydrogen) atoms. The average Bonchev–Trinajstić information content (AvgIpc) is 3.36. The minimum Gasteiger partial charge on any atom is -0.493 e. The number of benzene rings is 2. The maximum atomic E-state index is 13.3. The SMILES string of the molecule is COCn1c(=O)n(C2CCN(C3CCc4cc(OC)c(OC)cc43)CC2)c2ccc(Cl)cc21. The summed E-state index contributed by atoms with van der Waals surface area (Å²) in [5.74, 6) is 1.58. The molecule has 1 aliphatic heterocycles. The van der Waals surface area contributed by atoms with Crippen LogP contribution in [0.3, 0.4) is 0 Å². The van der Waals surface area contributed by atoms with Crippen molar-refractivity contribution in [2.24, 2.45) is 0 Å². The molecule has 5 rings (SSSR count). The van der Waals surface area contributed by atoms with Crippen LogP contribution in [-0.2, 0) is 17.9 Å². The van der Waals surface area contributed by atoms with Crippen molar-refractivity contribution in [1.82, 2.24) is 14.0 Å². The highest BCUT2D eigenvalue weighted by atomic mass is 35.5. The Morgan fingerprint density at radius 1 is 0.970 bits per heavy atom. The summed E-state index contributed by atoms with van der Waals surface area (Å²) in [6, 6.07) is 10.4. The molecule has 0 bridgehead atoms. The van der Waals surface area contributed by atoms with Crippen LogP contribution in [0.5, 0.6) is 11.5 Å². The van der Waals surface area contributed by atoms with E-state index in [1.165, 1.54) is 11.1 Å². The summed E-state index contributed by atoms with van der Waals surface area (Å²) in [6.45, 7) is 2.10. The topological polar surface area (TPSA) is 57.9 Å². The molecule has 2 aliphatic rings. The zero-order valence-corrected chi connectivity index (χ0v) is 20.1. The Morgan fingerprint density at radius 2 is 1.70 bits per heavy atom. The van der Waals surface area contributed by atoms with E-state index in [1.807, 2.05) is 22.8 Å². The van der Waals surface area contributed by atoms with Crippen molar-refractivity contribution in [2.75, 3.05) is 34.4 Å². The molecular weight excluding hydrogens is 442 g/mol. The van der Waals surface area contributed by atoms with E-state index in [0.29, 0.717) is 11.1 Å². The van der Waals surface area contributed by atoms with Crippen molar-refractivity contribution in [3.63, 3.8) is 0 Å². The Bertz CT molecular complexity index is 1230. The van der Waals surface area contributed by atoms with Gasteiger partial charge in [0.15, 0.2) is 11.5 Å². The molecule has 3 aromatic rings. The van der Waals surface area contributed by atoms with Gasteiger partial charge in [0, 0.05) is 37.3 Å². The highest BCUT2D eigenvalue weighted by Crippen LogP contribution is 2.43. The molecule has 1 atom stereocenters. The molecular formula is C25H30ClN3O4. The van der Waals surface area contributed by atoms with Crippen molar-refractivity contribution in [3.05, 3.63) is 57.0 Å². The minimum atomic E-state index is -0.0318. The zero-order valence-electron chi connectivity index (χ0n) is 19.3. The first-order chi connectivity index (χ1) is 16.0. The first-order valence-corrected chi connectivity index (χ1v) is 11.8. The molecule has 0 radical (unpaired) electrons. The predicted octanol–water partition coefficient (Wildman–Crippen LogP) is 4.40. The summed E-state index contributed by atoms with van der Waals surface area (Å²) < 4.78 is 19.9. The van der Waals surface area contributed by atoms with Crippen LogP contribution < -0.4 is 15.2 Å². The van der Waals surface area contributed by atoms with Gasteiger partial charge >= 0.3 is 5.69 Å². The fraction of sp³-hybridized carbons (Fsp3) is 0.480. The van der Waals surface area contributed by atoms with Crippen molar-refractivity contribution in [3.8, 4) is 11.5 Å². The van der Waals surface area contributed by atoms with Crippen LogP contribution in [0.4, 0.5) is 0 Å². The van der Waals surface area contributed by atoms with Crippen LogP contribution in [-0.4, -0.2) is 48.5 Å². The van der Waals surface area contributed by atoms with E-state index in [4.69, 9.17) is 25.8 Å². The number of ether oxygens (including phenoxy) is 3. The summed E-state index contributed by atoms with van der Waals surface area (Å²) in [4.78, 5) is 15.8. The largest absolute Gasteiger partial charge is 0.493 e. The molecule has 1 unspecified atom stereocenters. The molecule has 2 aromatic carbocycles. The molecule has 0 amide bonds. The summed E-state index contributed by atoms with van der Waals surface area (Å²) in [5.41, 5.74) is 4.39. The number of fused-ring (bicyclic) bond motifs is 2. The van der Waals surface area contributed by atoms with Gasteiger partial charge in [-0.15, -0.1) is 0 Å². The highest BCUT2D eigenvalue weighted by Gasteiger charge is 2.33. The van der Waals surface area contributed by atoms with Crippen LogP contribution in [0.1, 0.15) is 42.5 Å². The lowest BCUT2D eigenvalue weighted by atomic mass is 9.99. The first kappa shape index (κ1) is 22.3. The third-order valence-corrected chi connectivity index (χ3v) is 7.41. The van der Waals surface area contributed by atoms with Crippen LogP contribution in [0.25, 0.3) is 11.0 Å². The van der Waals surface area contributed by atoms with E-state index in [2.05, 4.69) is 17.0 Å². The van der Waals surface area contributed by atoms with Gasteiger partial charge < -0.3 is 14.2 Å².